The maximum atomic E-state index is 3.50. The van der Waals surface area contributed by atoms with Crippen molar-refractivity contribution >= 4 is 0 Å². The average molecular weight is 224 g/mol. The molecule has 2 fully saturated rings. The highest BCUT2D eigenvalue weighted by Crippen LogP contribution is 2.26. The van der Waals surface area contributed by atoms with E-state index in [2.05, 4.69) is 24.2 Å². The van der Waals surface area contributed by atoms with Crippen molar-refractivity contribution < 1.29 is 0 Å². The van der Waals surface area contributed by atoms with E-state index in [1.807, 2.05) is 0 Å². The second kappa shape index (κ2) is 6.02. The molecule has 2 unspecified atom stereocenters. The second-order valence-electron chi connectivity index (χ2n) is 5.98. The highest BCUT2D eigenvalue weighted by atomic mass is 15.1. The minimum atomic E-state index is 0.822. The zero-order valence-corrected chi connectivity index (χ0v) is 11.0. The van der Waals surface area contributed by atoms with Crippen LogP contribution in [-0.2, 0) is 0 Å². The molecule has 0 aromatic heterocycles. The molecule has 94 valence electrons. The van der Waals surface area contributed by atoms with Crippen molar-refractivity contribution in [2.45, 2.75) is 51.5 Å². The van der Waals surface area contributed by atoms with Gasteiger partial charge in [-0.2, -0.15) is 0 Å². The standard InChI is InChI=1S/C14H28N2/c1-12-10-15-9-8-14(12)16(2)11-13-6-4-3-5-7-13/h12-15H,3-11H2,1-2H3. The van der Waals surface area contributed by atoms with Crippen molar-refractivity contribution in [2.24, 2.45) is 11.8 Å². The monoisotopic (exact) mass is 224 g/mol. The Kier molecular flexibility index (Phi) is 4.66. The van der Waals surface area contributed by atoms with Gasteiger partial charge in [-0.3, -0.25) is 0 Å². The lowest BCUT2D eigenvalue weighted by Gasteiger charge is -2.39. The van der Waals surface area contributed by atoms with Gasteiger partial charge in [0.05, 0.1) is 0 Å². The van der Waals surface area contributed by atoms with Crippen LogP contribution in [0.15, 0.2) is 0 Å². The highest BCUT2D eigenvalue weighted by Gasteiger charge is 2.26. The first-order valence-corrected chi connectivity index (χ1v) is 7.18. The van der Waals surface area contributed by atoms with Gasteiger partial charge in [-0.25, -0.2) is 0 Å². The minimum absolute atomic E-state index is 0.822. The molecule has 0 aromatic rings. The van der Waals surface area contributed by atoms with Crippen molar-refractivity contribution in [1.29, 1.82) is 0 Å². The summed E-state index contributed by atoms with van der Waals surface area (Å²) >= 11 is 0. The molecule has 2 atom stereocenters. The van der Waals surface area contributed by atoms with E-state index in [-0.39, 0.29) is 0 Å². The SMILES string of the molecule is CC1CNCCC1N(C)CC1CCCCC1. The third kappa shape index (κ3) is 3.21. The van der Waals surface area contributed by atoms with Crippen LogP contribution in [-0.4, -0.2) is 37.6 Å². The lowest BCUT2D eigenvalue weighted by atomic mass is 9.87. The Morgan fingerprint density at radius 3 is 2.56 bits per heavy atom. The fourth-order valence-corrected chi connectivity index (χ4v) is 3.57. The molecule has 0 aromatic carbocycles. The van der Waals surface area contributed by atoms with Gasteiger partial charge in [0.25, 0.3) is 0 Å². The predicted octanol–water partition coefficient (Wildman–Crippen LogP) is 2.50. The van der Waals surface area contributed by atoms with Crippen LogP contribution in [0.3, 0.4) is 0 Å². The molecule has 1 aliphatic carbocycles. The van der Waals surface area contributed by atoms with Gasteiger partial charge in [-0.05, 0) is 51.2 Å². The summed E-state index contributed by atoms with van der Waals surface area (Å²) in [4.78, 5) is 2.65. The summed E-state index contributed by atoms with van der Waals surface area (Å²) in [6, 6.07) is 0.822. The van der Waals surface area contributed by atoms with Crippen LogP contribution in [0.2, 0.25) is 0 Å². The van der Waals surface area contributed by atoms with Crippen LogP contribution in [0.1, 0.15) is 45.4 Å². The maximum absolute atomic E-state index is 3.50. The van der Waals surface area contributed by atoms with Gasteiger partial charge in [0.2, 0.25) is 0 Å². The van der Waals surface area contributed by atoms with Gasteiger partial charge < -0.3 is 10.2 Å². The molecule has 1 heterocycles. The number of nitrogens with zero attached hydrogens (tertiary/aromatic N) is 1. The Morgan fingerprint density at radius 2 is 1.88 bits per heavy atom. The molecule has 0 amide bonds. The molecule has 1 saturated heterocycles. The summed E-state index contributed by atoms with van der Waals surface area (Å²) in [6.45, 7) is 6.16. The number of rotatable bonds is 3. The molecule has 0 bridgehead atoms. The maximum Gasteiger partial charge on any atom is 0.0142 e. The molecule has 0 spiro atoms. The molecule has 2 nitrogen and oxygen atoms in total. The molecule has 1 N–H and O–H groups in total. The van der Waals surface area contributed by atoms with Crippen molar-refractivity contribution in [1.82, 2.24) is 10.2 Å². The largest absolute Gasteiger partial charge is 0.316 e. The first-order chi connectivity index (χ1) is 7.77. The Balaban J connectivity index is 1.78. The van der Waals surface area contributed by atoms with E-state index >= 15 is 0 Å². The van der Waals surface area contributed by atoms with Gasteiger partial charge >= 0.3 is 0 Å². The first kappa shape index (κ1) is 12.4. The van der Waals surface area contributed by atoms with Gasteiger partial charge in [0, 0.05) is 12.6 Å². The Bertz CT molecular complexity index is 199. The first-order valence-electron chi connectivity index (χ1n) is 7.18. The number of hydrogen-bond donors (Lipinski definition) is 1. The normalized spacial score (nSPS) is 33.2. The summed E-state index contributed by atoms with van der Waals surface area (Å²) in [7, 11) is 2.35. The summed E-state index contributed by atoms with van der Waals surface area (Å²) < 4.78 is 0. The fraction of sp³-hybridized carbons (Fsp3) is 1.00. The fourth-order valence-electron chi connectivity index (χ4n) is 3.57. The Labute approximate surface area is 101 Å². The quantitative estimate of drug-likeness (QED) is 0.792. The van der Waals surface area contributed by atoms with Gasteiger partial charge in [0.15, 0.2) is 0 Å². The van der Waals surface area contributed by atoms with Crippen LogP contribution < -0.4 is 5.32 Å². The third-order valence-electron chi connectivity index (χ3n) is 4.58. The van der Waals surface area contributed by atoms with Gasteiger partial charge in [-0.15, -0.1) is 0 Å². The van der Waals surface area contributed by atoms with E-state index in [1.54, 1.807) is 0 Å². The van der Waals surface area contributed by atoms with E-state index in [4.69, 9.17) is 0 Å². The molecule has 2 heteroatoms. The van der Waals surface area contributed by atoms with Crippen LogP contribution in [0, 0.1) is 11.8 Å². The lowest BCUT2D eigenvalue weighted by Crippen LogP contribution is -2.48. The van der Waals surface area contributed by atoms with Crippen molar-refractivity contribution in [3.05, 3.63) is 0 Å². The second-order valence-corrected chi connectivity index (χ2v) is 5.98. The smallest absolute Gasteiger partial charge is 0.0142 e. The van der Waals surface area contributed by atoms with Gasteiger partial charge in [0.1, 0.15) is 0 Å². The van der Waals surface area contributed by atoms with Crippen molar-refractivity contribution in [3.8, 4) is 0 Å². The lowest BCUT2D eigenvalue weighted by molar-refractivity contribution is 0.119. The summed E-state index contributed by atoms with van der Waals surface area (Å²) in [6.07, 6.45) is 8.71. The number of piperidine rings is 1. The van der Waals surface area contributed by atoms with E-state index in [1.165, 1.54) is 58.2 Å². The van der Waals surface area contributed by atoms with Crippen molar-refractivity contribution in [3.63, 3.8) is 0 Å². The molecule has 1 aliphatic heterocycles. The Hall–Kier alpha value is -0.0800. The molecule has 1 saturated carbocycles. The molecule has 0 radical (unpaired) electrons. The molecule has 2 rings (SSSR count). The van der Waals surface area contributed by atoms with E-state index in [0.29, 0.717) is 0 Å². The van der Waals surface area contributed by atoms with E-state index in [0.717, 1.165) is 17.9 Å². The Morgan fingerprint density at radius 1 is 1.12 bits per heavy atom. The topological polar surface area (TPSA) is 15.3 Å². The van der Waals surface area contributed by atoms with E-state index < -0.39 is 0 Å². The highest BCUT2D eigenvalue weighted by molar-refractivity contribution is 4.83. The zero-order chi connectivity index (χ0) is 11.4. The molecular formula is C14H28N2. The van der Waals surface area contributed by atoms with Gasteiger partial charge in [-0.1, -0.05) is 26.2 Å². The summed E-state index contributed by atoms with van der Waals surface area (Å²) in [5, 5.41) is 3.50. The third-order valence-corrected chi connectivity index (χ3v) is 4.58. The average Bonchev–Trinajstić information content (AvgIpc) is 2.31. The van der Waals surface area contributed by atoms with Crippen LogP contribution in [0.4, 0.5) is 0 Å². The summed E-state index contributed by atoms with van der Waals surface area (Å²) in [5.74, 6) is 1.81. The van der Waals surface area contributed by atoms with Crippen LogP contribution in [0.5, 0.6) is 0 Å². The van der Waals surface area contributed by atoms with Crippen LogP contribution in [0.25, 0.3) is 0 Å². The molecular weight excluding hydrogens is 196 g/mol. The number of hydrogen-bond acceptors (Lipinski definition) is 2. The van der Waals surface area contributed by atoms with E-state index in [9.17, 15) is 0 Å². The minimum Gasteiger partial charge on any atom is -0.316 e. The summed E-state index contributed by atoms with van der Waals surface area (Å²) in [5.41, 5.74) is 0. The number of nitrogens with one attached hydrogen (secondary N) is 1. The van der Waals surface area contributed by atoms with Crippen LogP contribution >= 0.6 is 0 Å². The van der Waals surface area contributed by atoms with Crippen molar-refractivity contribution in [2.75, 3.05) is 26.7 Å². The zero-order valence-electron chi connectivity index (χ0n) is 11.0. The molecule has 2 aliphatic rings. The molecule has 16 heavy (non-hydrogen) atoms. The predicted molar refractivity (Wildman–Crippen MR) is 69.6 cm³/mol.